The van der Waals surface area contributed by atoms with Gasteiger partial charge in [0.05, 0.1) is 25.0 Å². The highest BCUT2D eigenvalue weighted by Crippen LogP contribution is 2.26. The smallest absolute Gasteiger partial charge is 0.273 e. The third-order valence-electron chi connectivity index (χ3n) is 4.22. The molecular formula is C17H17N5OS. The van der Waals surface area contributed by atoms with Gasteiger partial charge < -0.3 is 4.90 Å². The number of likely N-dealkylation sites (tertiary alicyclic amines) is 1. The molecule has 3 aromatic rings. The predicted octanol–water partition coefficient (Wildman–Crippen LogP) is 2.71. The van der Waals surface area contributed by atoms with Gasteiger partial charge in [0, 0.05) is 17.5 Å². The van der Waals surface area contributed by atoms with Gasteiger partial charge in [0.25, 0.3) is 5.91 Å². The first-order valence-electron chi connectivity index (χ1n) is 7.97. The van der Waals surface area contributed by atoms with Crippen LogP contribution in [0.2, 0.25) is 0 Å². The number of carbonyl (C=O) groups excluding carboxylic acids is 1. The fourth-order valence-electron chi connectivity index (χ4n) is 3.05. The Balaban J connectivity index is 1.52. The van der Waals surface area contributed by atoms with Gasteiger partial charge >= 0.3 is 0 Å². The monoisotopic (exact) mass is 339 g/mol. The lowest BCUT2D eigenvalue weighted by atomic mass is 10.2. The first kappa shape index (κ1) is 15.0. The Morgan fingerprint density at radius 1 is 1.21 bits per heavy atom. The molecule has 0 aliphatic carbocycles. The van der Waals surface area contributed by atoms with Crippen molar-refractivity contribution in [3.8, 4) is 10.6 Å². The van der Waals surface area contributed by atoms with Crippen LogP contribution in [-0.4, -0.2) is 43.4 Å². The molecule has 7 heteroatoms. The summed E-state index contributed by atoms with van der Waals surface area (Å²) < 4.78 is 0. The molecule has 1 aromatic carbocycles. The molecule has 0 bridgehead atoms. The van der Waals surface area contributed by atoms with E-state index < -0.39 is 0 Å². The van der Waals surface area contributed by atoms with Gasteiger partial charge in [-0.2, -0.15) is 15.0 Å². The Bertz CT molecular complexity index is 815. The lowest BCUT2D eigenvalue weighted by Crippen LogP contribution is -2.38. The molecule has 1 saturated heterocycles. The molecule has 6 nitrogen and oxygen atoms in total. The summed E-state index contributed by atoms with van der Waals surface area (Å²) in [4.78, 5) is 21.0. The van der Waals surface area contributed by atoms with Crippen molar-refractivity contribution >= 4 is 17.2 Å². The lowest BCUT2D eigenvalue weighted by Gasteiger charge is -2.23. The van der Waals surface area contributed by atoms with Crippen LogP contribution in [0.1, 0.15) is 23.3 Å². The number of rotatable bonds is 4. The Labute approximate surface area is 143 Å². The Morgan fingerprint density at radius 2 is 2.00 bits per heavy atom. The zero-order chi connectivity index (χ0) is 16.4. The van der Waals surface area contributed by atoms with Gasteiger partial charge in [0.15, 0.2) is 0 Å². The average molecular weight is 339 g/mol. The number of hydrogen-bond acceptors (Lipinski definition) is 5. The van der Waals surface area contributed by atoms with Crippen molar-refractivity contribution in [2.24, 2.45) is 0 Å². The second-order valence-corrected chi connectivity index (χ2v) is 6.64. The standard InChI is InChI=1S/C17H17N5OS/c23-17(15-12-24-16(20-15)13-5-2-1-3-6-13)21-10-4-7-14(21)11-22-18-8-9-19-22/h1-3,5-6,8-9,12,14H,4,7,10-11H2. The molecule has 24 heavy (non-hydrogen) atoms. The molecule has 3 heterocycles. The van der Waals surface area contributed by atoms with E-state index in [1.54, 1.807) is 17.2 Å². The minimum Gasteiger partial charge on any atom is -0.332 e. The lowest BCUT2D eigenvalue weighted by molar-refractivity contribution is 0.0713. The molecule has 0 N–H and O–H groups in total. The minimum atomic E-state index is 0.00286. The highest BCUT2D eigenvalue weighted by molar-refractivity contribution is 7.13. The van der Waals surface area contributed by atoms with E-state index in [-0.39, 0.29) is 11.9 Å². The van der Waals surface area contributed by atoms with E-state index in [2.05, 4.69) is 15.2 Å². The van der Waals surface area contributed by atoms with E-state index in [0.29, 0.717) is 12.2 Å². The molecule has 1 aliphatic heterocycles. The van der Waals surface area contributed by atoms with Gasteiger partial charge in [-0.1, -0.05) is 30.3 Å². The summed E-state index contributed by atoms with van der Waals surface area (Å²) in [6.45, 7) is 1.40. The summed E-state index contributed by atoms with van der Waals surface area (Å²) in [5.41, 5.74) is 1.57. The SMILES string of the molecule is O=C(c1csc(-c2ccccc2)n1)N1CCCC1Cn1nccn1. The number of amides is 1. The topological polar surface area (TPSA) is 63.9 Å². The molecule has 2 aromatic heterocycles. The fourth-order valence-corrected chi connectivity index (χ4v) is 3.85. The number of thiazole rings is 1. The van der Waals surface area contributed by atoms with Crippen molar-refractivity contribution in [3.63, 3.8) is 0 Å². The molecule has 1 amide bonds. The van der Waals surface area contributed by atoms with Gasteiger partial charge in [-0.15, -0.1) is 11.3 Å². The van der Waals surface area contributed by atoms with Gasteiger partial charge in [0.1, 0.15) is 10.7 Å². The Morgan fingerprint density at radius 3 is 2.79 bits per heavy atom. The molecule has 0 spiro atoms. The average Bonchev–Trinajstić information content (AvgIpc) is 3.37. The van der Waals surface area contributed by atoms with Crippen LogP contribution in [0, 0.1) is 0 Å². The maximum Gasteiger partial charge on any atom is 0.273 e. The number of carbonyl (C=O) groups is 1. The summed E-state index contributed by atoms with van der Waals surface area (Å²) in [7, 11) is 0. The molecule has 122 valence electrons. The molecule has 0 saturated carbocycles. The maximum absolute atomic E-state index is 12.9. The Hall–Kier alpha value is -2.54. The van der Waals surface area contributed by atoms with E-state index in [0.717, 1.165) is 30.0 Å². The summed E-state index contributed by atoms with van der Waals surface area (Å²) in [6.07, 6.45) is 5.30. The van der Waals surface area contributed by atoms with Gasteiger partial charge in [-0.3, -0.25) is 4.79 Å². The number of aromatic nitrogens is 4. The summed E-state index contributed by atoms with van der Waals surface area (Å²) in [5, 5.41) is 11.0. The van der Waals surface area contributed by atoms with Crippen LogP contribution in [-0.2, 0) is 6.54 Å². The van der Waals surface area contributed by atoms with Crippen LogP contribution >= 0.6 is 11.3 Å². The number of benzene rings is 1. The largest absolute Gasteiger partial charge is 0.332 e. The zero-order valence-electron chi connectivity index (χ0n) is 13.1. The van der Waals surface area contributed by atoms with Gasteiger partial charge in [0.2, 0.25) is 0 Å². The van der Waals surface area contributed by atoms with Crippen molar-refractivity contribution < 1.29 is 4.79 Å². The highest BCUT2D eigenvalue weighted by atomic mass is 32.1. The van der Waals surface area contributed by atoms with Crippen molar-refractivity contribution in [2.45, 2.75) is 25.4 Å². The van der Waals surface area contributed by atoms with E-state index in [9.17, 15) is 4.79 Å². The summed E-state index contributed by atoms with van der Waals surface area (Å²) in [6, 6.07) is 10.1. The zero-order valence-corrected chi connectivity index (χ0v) is 13.9. The van der Waals surface area contributed by atoms with E-state index in [4.69, 9.17) is 0 Å². The molecule has 1 aliphatic rings. The summed E-state index contributed by atoms with van der Waals surface area (Å²) in [5.74, 6) is 0.00286. The summed E-state index contributed by atoms with van der Waals surface area (Å²) >= 11 is 1.51. The van der Waals surface area contributed by atoms with E-state index in [1.165, 1.54) is 11.3 Å². The number of hydrogen-bond donors (Lipinski definition) is 0. The third kappa shape index (κ3) is 2.94. The maximum atomic E-state index is 12.9. The second-order valence-electron chi connectivity index (χ2n) is 5.78. The quantitative estimate of drug-likeness (QED) is 0.733. The van der Waals surface area contributed by atoms with Crippen LogP contribution in [0.4, 0.5) is 0 Å². The Kier molecular flexibility index (Phi) is 4.08. The highest BCUT2D eigenvalue weighted by Gasteiger charge is 2.31. The molecule has 1 unspecified atom stereocenters. The second kappa shape index (κ2) is 6.52. The van der Waals surface area contributed by atoms with Crippen molar-refractivity contribution in [1.82, 2.24) is 24.9 Å². The van der Waals surface area contributed by atoms with Crippen LogP contribution in [0.15, 0.2) is 48.1 Å². The van der Waals surface area contributed by atoms with Crippen LogP contribution in [0.3, 0.4) is 0 Å². The molecule has 1 atom stereocenters. The van der Waals surface area contributed by atoms with Crippen LogP contribution in [0.25, 0.3) is 10.6 Å². The van der Waals surface area contributed by atoms with Gasteiger partial charge in [-0.25, -0.2) is 4.98 Å². The molecule has 1 fully saturated rings. The van der Waals surface area contributed by atoms with E-state index >= 15 is 0 Å². The predicted molar refractivity (Wildman–Crippen MR) is 91.6 cm³/mol. The minimum absolute atomic E-state index is 0.00286. The number of nitrogens with zero attached hydrogens (tertiary/aromatic N) is 5. The van der Waals surface area contributed by atoms with Gasteiger partial charge in [-0.05, 0) is 12.8 Å². The molecule has 4 rings (SSSR count). The van der Waals surface area contributed by atoms with Crippen LogP contribution < -0.4 is 0 Å². The van der Waals surface area contributed by atoms with Crippen LogP contribution in [0.5, 0.6) is 0 Å². The first-order chi connectivity index (χ1) is 11.8. The molecular weight excluding hydrogens is 322 g/mol. The van der Waals surface area contributed by atoms with Crippen molar-refractivity contribution in [3.05, 3.63) is 53.8 Å². The third-order valence-corrected chi connectivity index (χ3v) is 5.11. The van der Waals surface area contributed by atoms with Crippen molar-refractivity contribution in [2.75, 3.05) is 6.54 Å². The van der Waals surface area contributed by atoms with Crippen molar-refractivity contribution in [1.29, 1.82) is 0 Å². The molecule has 0 radical (unpaired) electrons. The fraction of sp³-hybridized carbons (Fsp3) is 0.294. The van der Waals surface area contributed by atoms with E-state index in [1.807, 2.05) is 40.6 Å². The first-order valence-corrected chi connectivity index (χ1v) is 8.85. The normalized spacial score (nSPS) is 17.3.